The molecule has 0 aromatic carbocycles. The van der Waals surface area contributed by atoms with Crippen LogP contribution in [0.1, 0.15) is 11.5 Å². The predicted octanol–water partition coefficient (Wildman–Crippen LogP) is 3.26. The summed E-state index contributed by atoms with van der Waals surface area (Å²) in [4.78, 5) is 7.14. The summed E-state index contributed by atoms with van der Waals surface area (Å²) in [5.41, 5.74) is 1.16. The van der Waals surface area contributed by atoms with Crippen molar-refractivity contribution in [3.8, 4) is 10.8 Å². The lowest BCUT2D eigenvalue weighted by Gasteiger charge is -2.25. The van der Waals surface area contributed by atoms with E-state index in [9.17, 15) is 0 Å². The topological polar surface area (TPSA) is 29.3 Å². The molecule has 1 aliphatic heterocycles. The van der Waals surface area contributed by atoms with E-state index in [1.165, 1.54) is 24.6 Å². The average Bonchev–Trinajstić information content (AvgIpc) is 2.99. The molecule has 3 heterocycles. The largest absolute Gasteiger partial charge is 0.459 e. The minimum absolute atomic E-state index is 0.887. The maximum absolute atomic E-state index is 5.60. The van der Waals surface area contributed by atoms with E-state index >= 15 is 0 Å². The van der Waals surface area contributed by atoms with Gasteiger partial charge in [0, 0.05) is 36.5 Å². The van der Waals surface area contributed by atoms with Gasteiger partial charge < -0.3 is 4.42 Å². The van der Waals surface area contributed by atoms with Gasteiger partial charge in [-0.2, -0.15) is 11.8 Å². The number of aryl methyl sites for hydroxylation is 1. The molecule has 96 valence electrons. The van der Waals surface area contributed by atoms with Crippen molar-refractivity contribution in [1.29, 1.82) is 0 Å². The van der Waals surface area contributed by atoms with Crippen LogP contribution >= 0.6 is 23.1 Å². The predicted molar refractivity (Wildman–Crippen MR) is 77.2 cm³/mol. The Hall–Kier alpha value is -0.780. The monoisotopic (exact) mass is 280 g/mol. The molecule has 0 saturated carbocycles. The molecule has 2 aromatic rings. The zero-order valence-electron chi connectivity index (χ0n) is 10.4. The van der Waals surface area contributed by atoms with E-state index in [1.54, 1.807) is 11.3 Å². The summed E-state index contributed by atoms with van der Waals surface area (Å²) in [6.45, 7) is 5.29. The Kier molecular flexibility index (Phi) is 3.72. The fourth-order valence-corrected chi connectivity index (χ4v) is 3.78. The minimum atomic E-state index is 0.887. The SMILES string of the molecule is Cc1ccc(-c2nc(CN3CCSCC3)cs2)o1. The Morgan fingerprint density at radius 3 is 2.89 bits per heavy atom. The first-order chi connectivity index (χ1) is 8.81. The fraction of sp³-hybridized carbons (Fsp3) is 0.462. The molecule has 2 aromatic heterocycles. The fourth-order valence-electron chi connectivity index (χ4n) is 2.03. The highest BCUT2D eigenvalue weighted by Gasteiger charge is 2.14. The van der Waals surface area contributed by atoms with Gasteiger partial charge in [-0.05, 0) is 19.1 Å². The zero-order chi connectivity index (χ0) is 12.4. The normalized spacial score (nSPS) is 17.2. The molecule has 18 heavy (non-hydrogen) atoms. The standard InChI is InChI=1S/C13H16N2OS2/c1-10-2-3-12(16-10)13-14-11(9-18-13)8-15-4-6-17-7-5-15/h2-3,9H,4-8H2,1H3. The van der Waals surface area contributed by atoms with Crippen LogP contribution in [0.15, 0.2) is 21.9 Å². The number of nitrogens with zero attached hydrogens (tertiary/aromatic N) is 2. The Morgan fingerprint density at radius 2 is 2.17 bits per heavy atom. The van der Waals surface area contributed by atoms with Crippen molar-refractivity contribution < 1.29 is 4.42 Å². The van der Waals surface area contributed by atoms with Gasteiger partial charge in [0.2, 0.25) is 0 Å². The Labute approximate surface area is 115 Å². The summed E-state index contributed by atoms with van der Waals surface area (Å²) in [6.07, 6.45) is 0. The van der Waals surface area contributed by atoms with Crippen molar-refractivity contribution in [2.75, 3.05) is 24.6 Å². The maximum Gasteiger partial charge on any atom is 0.162 e. The third-order valence-corrected chi connectivity index (χ3v) is 4.84. The number of aromatic nitrogens is 1. The van der Waals surface area contributed by atoms with E-state index in [-0.39, 0.29) is 0 Å². The molecular formula is C13H16N2OS2. The van der Waals surface area contributed by atoms with E-state index in [0.717, 1.165) is 28.8 Å². The lowest BCUT2D eigenvalue weighted by molar-refractivity contribution is 0.291. The second-order valence-corrected chi connectivity index (χ2v) is 6.53. The molecule has 1 aliphatic rings. The first-order valence-corrected chi connectivity index (χ1v) is 8.16. The second-order valence-electron chi connectivity index (χ2n) is 4.44. The van der Waals surface area contributed by atoms with Gasteiger partial charge in [-0.3, -0.25) is 4.90 Å². The molecule has 0 spiro atoms. The second kappa shape index (κ2) is 5.47. The highest BCUT2D eigenvalue weighted by molar-refractivity contribution is 7.99. The van der Waals surface area contributed by atoms with Gasteiger partial charge >= 0.3 is 0 Å². The molecular weight excluding hydrogens is 264 g/mol. The quantitative estimate of drug-likeness (QED) is 0.863. The van der Waals surface area contributed by atoms with Gasteiger partial charge in [0.05, 0.1) is 5.69 Å². The van der Waals surface area contributed by atoms with Crippen LogP contribution in [0.3, 0.4) is 0 Å². The number of rotatable bonds is 3. The lowest BCUT2D eigenvalue weighted by Crippen LogP contribution is -2.32. The summed E-state index contributed by atoms with van der Waals surface area (Å²) >= 11 is 3.71. The Morgan fingerprint density at radius 1 is 1.33 bits per heavy atom. The van der Waals surface area contributed by atoms with Crippen LogP contribution in [0.2, 0.25) is 0 Å². The van der Waals surface area contributed by atoms with Crippen LogP contribution in [0.5, 0.6) is 0 Å². The van der Waals surface area contributed by atoms with E-state index in [1.807, 2.05) is 30.8 Å². The Bertz CT molecular complexity index is 515. The van der Waals surface area contributed by atoms with Crippen molar-refractivity contribution >= 4 is 23.1 Å². The molecule has 1 saturated heterocycles. The molecule has 5 heteroatoms. The van der Waals surface area contributed by atoms with E-state index in [2.05, 4.69) is 15.3 Å². The lowest BCUT2D eigenvalue weighted by atomic mass is 10.4. The number of thiazole rings is 1. The summed E-state index contributed by atoms with van der Waals surface area (Å²) in [5, 5.41) is 3.14. The van der Waals surface area contributed by atoms with Gasteiger partial charge in [-0.25, -0.2) is 4.98 Å². The highest BCUT2D eigenvalue weighted by atomic mass is 32.2. The van der Waals surface area contributed by atoms with Crippen LogP contribution in [0.25, 0.3) is 10.8 Å². The molecule has 1 fully saturated rings. The minimum Gasteiger partial charge on any atom is -0.459 e. The summed E-state index contributed by atoms with van der Waals surface area (Å²) in [7, 11) is 0. The third kappa shape index (κ3) is 2.79. The van der Waals surface area contributed by atoms with Crippen LogP contribution in [0, 0.1) is 6.92 Å². The van der Waals surface area contributed by atoms with E-state index in [4.69, 9.17) is 4.42 Å². The third-order valence-electron chi connectivity index (χ3n) is 2.99. The number of hydrogen-bond acceptors (Lipinski definition) is 5. The molecule has 0 N–H and O–H groups in total. The van der Waals surface area contributed by atoms with Crippen molar-refractivity contribution in [2.45, 2.75) is 13.5 Å². The molecule has 0 radical (unpaired) electrons. The molecule has 0 bridgehead atoms. The van der Waals surface area contributed by atoms with Crippen LogP contribution in [-0.2, 0) is 6.54 Å². The molecule has 3 nitrogen and oxygen atoms in total. The summed E-state index contributed by atoms with van der Waals surface area (Å²) in [6, 6.07) is 3.98. The summed E-state index contributed by atoms with van der Waals surface area (Å²) in [5.74, 6) is 4.32. The molecule has 0 aliphatic carbocycles. The van der Waals surface area contributed by atoms with Crippen LogP contribution in [-0.4, -0.2) is 34.5 Å². The number of hydrogen-bond donors (Lipinski definition) is 0. The molecule has 0 atom stereocenters. The Balaban J connectivity index is 1.69. The first-order valence-electron chi connectivity index (χ1n) is 6.12. The van der Waals surface area contributed by atoms with Gasteiger partial charge in [0.15, 0.2) is 10.8 Å². The number of furan rings is 1. The summed E-state index contributed by atoms with van der Waals surface area (Å²) < 4.78 is 5.60. The van der Waals surface area contributed by atoms with Crippen molar-refractivity contribution in [3.05, 3.63) is 29.0 Å². The van der Waals surface area contributed by atoms with E-state index in [0.29, 0.717) is 0 Å². The maximum atomic E-state index is 5.60. The average molecular weight is 280 g/mol. The van der Waals surface area contributed by atoms with Gasteiger partial charge in [-0.15, -0.1) is 11.3 Å². The zero-order valence-corrected chi connectivity index (χ0v) is 12.0. The molecule has 3 rings (SSSR count). The highest BCUT2D eigenvalue weighted by Crippen LogP contribution is 2.26. The van der Waals surface area contributed by atoms with Gasteiger partial charge in [0.25, 0.3) is 0 Å². The van der Waals surface area contributed by atoms with E-state index < -0.39 is 0 Å². The van der Waals surface area contributed by atoms with Gasteiger partial charge in [-0.1, -0.05) is 0 Å². The molecule has 0 unspecified atom stereocenters. The van der Waals surface area contributed by atoms with Crippen LogP contribution in [0.4, 0.5) is 0 Å². The van der Waals surface area contributed by atoms with Crippen LogP contribution < -0.4 is 0 Å². The van der Waals surface area contributed by atoms with Crippen molar-refractivity contribution in [3.63, 3.8) is 0 Å². The molecule has 0 amide bonds. The smallest absolute Gasteiger partial charge is 0.162 e. The number of thioether (sulfide) groups is 1. The first kappa shape index (κ1) is 12.3. The van der Waals surface area contributed by atoms with Crippen molar-refractivity contribution in [2.24, 2.45) is 0 Å². The van der Waals surface area contributed by atoms with Crippen molar-refractivity contribution in [1.82, 2.24) is 9.88 Å². The van der Waals surface area contributed by atoms with Gasteiger partial charge in [0.1, 0.15) is 5.76 Å².